The number of rotatable bonds is 5. The van der Waals surface area contributed by atoms with Crippen LogP contribution >= 0.6 is 0 Å². The number of ether oxygens (including phenoxy) is 1. The monoisotopic (exact) mass is 353 g/mol. The molecule has 3 aliphatic rings. The quantitative estimate of drug-likeness (QED) is 0.802. The maximum atomic E-state index is 11.3. The Balaban J connectivity index is 1.49. The van der Waals surface area contributed by atoms with Gasteiger partial charge in [-0.1, -0.05) is 55.0 Å². The number of benzene rings is 1. The van der Waals surface area contributed by atoms with Crippen LogP contribution in [0.2, 0.25) is 0 Å². The van der Waals surface area contributed by atoms with Crippen molar-refractivity contribution >= 4 is 0 Å². The van der Waals surface area contributed by atoms with Crippen molar-refractivity contribution in [1.82, 2.24) is 4.90 Å². The molecule has 0 amide bonds. The molecular weight excluding hydrogens is 322 g/mol. The van der Waals surface area contributed by atoms with E-state index >= 15 is 0 Å². The first-order valence-electron chi connectivity index (χ1n) is 10.2. The van der Waals surface area contributed by atoms with E-state index in [0.717, 1.165) is 18.4 Å². The number of likely N-dealkylation sites (tertiary alicyclic amines) is 1. The summed E-state index contributed by atoms with van der Waals surface area (Å²) in [5, 5.41) is 11.3. The Morgan fingerprint density at radius 2 is 2.12 bits per heavy atom. The van der Waals surface area contributed by atoms with Crippen LogP contribution in [0.1, 0.15) is 44.6 Å². The number of fused-ring (bicyclic) bond motifs is 2. The lowest BCUT2D eigenvalue weighted by Gasteiger charge is -2.50. The van der Waals surface area contributed by atoms with Gasteiger partial charge in [0, 0.05) is 12.0 Å². The van der Waals surface area contributed by atoms with Crippen molar-refractivity contribution < 1.29 is 9.84 Å². The molecule has 1 N–H and O–H groups in total. The van der Waals surface area contributed by atoms with Crippen molar-refractivity contribution in [1.29, 1.82) is 0 Å². The molecule has 0 aromatic heterocycles. The Labute approximate surface area is 157 Å². The molecule has 0 bridgehead atoms. The minimum atomic E-state index is -1.17. The molecule has 0 radical (unpaired) electrons. The standard InChI is InChI=1S/C23H31NO2/c1-2-13-24-14-7-11-20-15-21-19(16-22(20)24)10-6-12-23(21,25)26-17-18-8-4-3-5-9-18/h3-6,8-10,12,20-22,25H,2,7,11,13-17H2,1H3/t20-,21?,22-,23?/m1/s1. The van der Waals surface area contributed by atoms with Gasteiger partial charge in [-0.25, -0.2) is 0 Å². The van der Waals surface area contributed by atoms with Crippen molar-refractivity contribution in [3.05, 3.63) is 59.7 Å². The lowest BCUT2D eigenvalue weighted by atomic mass is 9.67. The highest BCUT2D eigenvalue weighted by atomic mass is 16.6. The van der Waals surface area contributed by atoms with Crippen molar-refractivity contribution in [2.24, 2.45) is 11.8 Å². The van der Waals surface area contributed by atoms with Crippen molar-refractivity contribution in [2.75, 3.05) is 13.1 Å². The van der Waals surface area contributed by atoms with E-state index in [-0.39, 0.29) is 5.92 Å². The zero-order valence-corrected chi connectivity index (χ0v) is 15.8. The molecular formula is C23H31NO2. The second-order valence-corrected chi connectivity index (χ2v) is 8.12. The van der Waals surface area contributed by atoms with Crippen molar-refractivity contribution in [3.8, 4) is 0 Å². The Kier molecular flexibility index (Phi) is 5.30. The van der Waals surface area contributed by atoms with Gasteiger partial charge in [-0.3, -0.25) is 4.90 Å². The summed E-state index contributed by atoms with van der Waals surface area (Å²) < 4.78 is 6.09. The molecule has 1 saturated heterocycles. The van der Waals surface area contributed by atoms with E-state index in [1.54, 1.807) is 0 Å². The number of hydrogen-bond donors (Lipinski definition) is 1. The molecule has 3 heteroatoms. The number of piperidine rings is 1. The summed E-state index contributed by atoms with van der Waals surface area (Å²) in [6.07, 6.45) is 12.0. The predicted octanol–water partition coefficient (Wildman–Crippen LogP) is 4.29. The third kappa shape index (κ3) is 3.53. The van der Waals surface area contributed by atoms with Gasteiger partial charge in [-0.15, -0.1) is 0 Å². The Bertz CT molecular complexity index is 666. The molecule has 26 heavy (non-hydrogen) atoms. The lowest BCUT2D eigenvalue weighted by molar-refractivity contribution is -0.210. The van der Waals surface area contributed by atoms with Crippen LogP contribution in [0.25, 0.3) is 0 Å². The van der Waals surface area contributed by atoms with Gasteiger partial charge in [0.05, 0.1) is 6.61 Å². The molecule has 3 nitrogen and oxygen atoms in total. The van der Waals surface area contributed by atoms with E-state index in [2.05, 4.69) is 17.9 Å². The van der Waals surface area contributed by atoms with E-state index in [1.807, 2.05) is 42.5 Å². The number of aliphatic hydroxyl groups is 1. The highest BCUT2D eigenvalue weighted by Crippen LogP contribution is 2.47. The fourth-order valence-corrected chi connectivity index (χ4v) is 5.15. The maximum absolute atomic E-state index is 11.3. The van der Waals surface area contributed by atoms with Gasteiger partial charge in [0.1, 0.15) is 0 Å². The lowest BCUT2D eigenvalue weighted by Crippen LogP contribution is -2.53. The summed E-state index contributed by atoms with van der Waals surface area (Å²) in [5.74, 6) is -0.396. The third-order valence-electron chi connectivity index (χ3n) is 6.43. The number of hydrogen-bond acceptors (Lipinski definition) is 3. The molecule has 2 fully saturated rings. The normalized spacial score (nSPS) is 34.1. The summed E-state index contributed by atoms with van der Waals surface area (Å²) in [5.41, 5.74) is 2.47. The third-order valence-corrected chi connectivity index (χ3v) is 6.43. The molecule has 140 valence electrons. The molecule has 2 aliphatic carbocycles. The second-order valence-electron chi connectivity index (χ2n) is 8.12. The molecule has 2 unspecified atom stereocenters. The van der Waals surface area contributed by atoms with Crippen molar-refractivity contribution in [3.63, 3.8) is 0 Å². The SMILES string of the molecule is CCCN1CCC[C@@H]2CC3C(=CC=CC3(O)OCc3ccccc3)C[C@H]21. The van der Waals surface area contributed by atoms with Crippen LogP contribution in [0.15, 0.2) is 54.1 Å². The Morgan fingerprint density at radius 3 is 2.92 bits per heavy atom. The van der Waals surface area contributed by atoms with Crippen LogP contribution in [-0.2, 0) is 11.3 Å². The van der Waals surface area contributed by atoms with Crippen LogP contribution in [0.3, 0.4) is 0 Å². The average Bonchev–Trinajstić information content (AvgIpc) is 2.67. The van der Waals surface area contributed by atoms with E-state index < -0.39 is 5.79 Å². The highest BCUT2D eigenvalue weighted by Gasteiger charge is 2.47. The van der Waals surface area contributed by atoms with E-state index in [1.165, 1.54) is 37.9 Å². The summed E-state index contributed by atoms with van der Waals surface area (Å²) in [7, 11) is 0. The van der Waals surface area contributed by atoms with Gasteiger partial charge in [-0.05, 0) is 62.8 Å². The summed E-state index contributed by atoms with van der Waals surface area (Å²) in [6, 6.07) is 10.8. The van der Waals surface area contributed by atoms with Crippen LogP contribution in [-0.4, -0.2) is 34.9 Å². The largest absolute Gasteiger partial charge is 0.362 e. The first kappa shape index (κ1) is 18.0. The fourth-order valence-electron chi connectivity index (χ4n) is 5.15. The van der Waals surface area contributed by atoms with Crippen LogP contribution in [0, 0.1) is 11.8 Å². The predicted molar refractivity (Wildman–Crippen MR) is 105 cm³/mol. The Hall–Kier alpha value is -1.42. The van der Waals surface area contributed by atoms with Crippen LogP contribution in [0.4, 0.5) is 0 Å². The summed E-state index contributed by atoms with van der Waals surface area (Å²) >= 11 is 0. The Morgan fingerprint density at radius 1 is 1.27 bits per heavy atom. The van der Waals surface area contributed by atoms with E-state index in [4.69, 9.17) is 4.74 Å². The molecule has 1 aliphatic heterocycles. The molecule has 4 atom stereocenters. The van der Waals surface area contributed by atoms with Gasteiger partial charge < -0.3 is 9.84 Å². The first-order chi connectivity index (χ1) is 12.7. The zero-order valence-electron chi connectivity index (χ0n) is 15.8. The molecule has 1 aromatic rings. The maximum Gasteiger partial charge on any atom is 0.192 e. The number of nitrogens with zero attached hydrogens (tertiary/aromatic N) is 1. The molecule has 0 spiro atoms. The summed E-state index contributed by atoms with van der Waals surface area (Å²) in [6.45, 7) is 5.15. The minimum Gasteiger partial charge on any atom is -0.362 e. The van der Waals surface area contributed by atoms with E-state index in [9.17, 15) is 5.11 Å². The molecule has 1 heterocycles. The molecule has 4 rings (SSSR count). The molecule has 1 aromatic carbocycles. The van der Waals surface area contributed by atoms with Gasteiger partial charge in [0.25, 0.3) is 0 Å². The smallest absolute Gasteiger partial charge is 0.192 e. The van der Waals surface area contributed by atoms with Crippen LogP contribution in [0.5, 0.6) is 0 Å². The van der Waals surface area contributed by atoms with E-state index in [0.29, 0.717) is 18.6 Å². The van der Waals surface area contributed by atoms with Gasteiger partial charge in [-0.2, -0.15) is 0 Å². The van der Waals surface area contributed by atoms with Gasteiger partial charge >= 0.3 is 0 Å². The highest BCUT2D eigenvalue weighted by molar-refractivity contribution is 5.30. The second kappa shape index (κ2) is 7.67. The average molecular weight is 354 g/mol. The summed E-state index contributed by atoms with van der Waals surface area (Å²) in [4.78, 5) is 2.69. The topological polar surface area (TPSA) is 32.7 Å². The minimum absolute atomic E-state index is 0.0963. The van der Waals surface area contributed by atoms with Crippen LogP contribution < -0.4 is 0 Å². The molecule has 1 saturated carbocycles. The zero-order chi connectivity index (χ0) is 18.0. The number of allylic oxidation sites excluding steroid dienone is 2. The first-order valence-corrected chi connectivity index (χ1v) is 10.2. The fraction of sp³-hybridized carbons (Fsp3) is 0.565. The van der Waals surface area contributed by atoms with Gasteiger partial charge in [0.2, 0.25) is 0 Å². The van der Waals surface area contributed by atoms with Crippen molar-refractivity contribution in [2.45, 2.75) is 57.5 Å². The van der Waals surface area contributed by atoms with Gasteiger partial charge in [0.15, 0.2) is 5.79 Å².